The zero-order valence-corrected chi connectivity index (χ0v) is 18.1. The van der Waals surface area contributed by atoms with Crippen molar-refractivity contribution in [3.8, 4) is 0 Å². The Labute approximate surface area is 174 Å². The summed E-state index contributed by atoms with van der Waals surface area (Å²) in [4.78, 5) is 26.8. The van der Waals surface area contributed by atoms with E-state index in [0.717, 1.165) is 31.6 Å². The molecule has 1 aliphatic heterocycles. The SMILES string of the molecule is CC(=O)CC(C)NC(C)NC(=O)C(CCN1CCCCC1)c1ccccc1Cl. The highest BCUT2D eigenvalue weighted by molar-refractivity contribution is 6.31. The van der Waals surface area contributed by atoms with Crippen LogP contribution in [0, 0.1) is 0 Å². The van der Waals surface area contributed by atoms with Gasteiger partial charge in [0.1, 0.15) is 5.78 Å². The minimum Gasteiger partial charge on any atom is -0.341 e. The topological polar surface area (TPSA) is 61.4 Å². The molecule has 1 saturated heterocycles. The molecule has 0 saturated carbocycles. The Kier molecular flexibility index (Phi) is 9.42. The first kappa shape index (κ1) is 22.9. The highest BCUT2D eigenvalue weighted by Gasteiger charge is 2.25. The predicted molar refractivity (Wildman–Crippen MR) is 115 cm³/mol. The number of amides is 1. The van der Waals surface area contributed by atoms with Crippen LogP contribution in [0.25, 0.3) is 0 Å². The summed E-state index contributed by atoms with van der Waals surface area (Å²) in [6.07, 6.45) is 4.73. The van der Waals surface area contributed by atoms with Gasteiger partial charge in [0.25, 0.3) is 0 Å². The van der Waals surface area contributed by atoms with Gasteiger partial charge >= 0.3 is 0 Å². The van der Waals surface area contributed by atoms with Gasteiger partial charge in [-0.15, -0.1) is 0 Å². The van der Waals surface area contributed by atoms with E-state index in [2.05, 4.69) is 15.5 Å². The summed E-state index contributed by atoms with van der Waals surface area (Å²) in [5.74, 6) is -0.183. The van der Waals surface area contributed by atoms with Crippen molar-refractivity contribution in [3.63, 3.8) is 0 Å². The molecule has 1 aliphatic rings. The third-order valence-electron chi connectivity index (χ3n) is 5.27. The molecule has 1 amide bonds. The van der Waals surface area contributed by atoms with Crippen LogP contribution in [0.4, 0.5) is 0 Å². The lowest BCUT2D eigenvalue weighted by atomic mass is 9.94. The first-order valence-electron chi connectivity index (χ1n) is 10.4. The zero-order valence-electron chi connectivity index (χ0n) is 17.3. The predicted octanol–water partition coefficient (Wildman–Crippen LogP) is 3.72. The number of nitrogens with one attached hydrogen (secondary N) is 2. The van der Waals surface area contributed by atoms with Crippen LogP contribution in [0.3, 0.4) is 0 Å². The lowest BCUT2D eigenvalue weighted by Gasteiger charge is -2.29. The highest BCUT2D eigenvalue weighted by Crippen LogP contribution is 2.28. The van der Waals surface area contributed by atoms with Crippen molar-refractivity contribution < 1.29 is 9.59 Å². The molecule has 0 radical (unpaired) electrons. The molecule has 3 atom stereocenters. The van der Waals surface area contributed by atoms with E-state index >= 15 is 0 Å². The second-order valence-corrected chi connectivity index (χ2v) is 8.38. The maximum absolute atomic E-state index is 13.1. The van der Waals surface area contributed by atoms with Crippen LogP contribution < -0.4 is 10.6 Å². The van der Waals surface area contributed by atoms with E-state index in [1.165, 1.54) is 19.3 Å². The molecule has 28 heavy (non-hydrogen) atoms. The number of nitrogens with zero attached hydrogens (tertiary/aromatic N) is 1. The van der Waals surface area contributed by atoms with Crippen LogP contribution in [-0.4, -0.2) is 48.4 Å². The Morgan fingerprint density at radius 1 is 1.14 bits per heavy atom. The minimum atomic E-state index is -0.289. The molecule has 0 spiro atoms. The van der Waals surface area contributed by atoms with E-state index in [1.807, 2.05) is 38.1 Å². The van der Waals surface area contributed by atoms with Gasteiger partial charge in [0, 0.05) is 17.5 Å². The number of carbonyl (C=O) groups is 2. The largest absolute Gasteiger partial charge is 0.341 e. The van der Waals surface area contributed by atoms with E-state index in [4.69, 9.17) is 11.6 Å². The molecular weight excluding hydrogens is 374 g/mol. The molecule has 1 heterocycles. The number of rotatable bonds is 10. The third-order valence-corrected chi connectivity index (χ3v) is 5.61. The van der Waals surface area contributed by atoms with Crippen molar-refractivity contribution >= 4 is 23.3 Å². The first-order chi connectivity index (χ1) is 13.4. The van der Waals surface area contributed by atoms with Gasteiger partial charge in [-0.25, -0.2) is 0 Å². The fourth-order valence-electron chi connectivity index (χ4n) is 3.95. The second kappa shape index (κ2) is 11.5. The van der Waals surface area contributed by atoms with Crippen LogP contribution in [0.2, 0.25) is 5.02 Å². The Hall–Kier alpha value is -1.43. The molecule has 1 fully saturated rings. The lowest BCUT2D eigenvalue weighted by molar-refractivity contribution is -0.123. The molecule has 5 nitrogen and oxygen atoms in total. The van der Waals surface area contributed by atoms with E-state index in [-0.39, 0.29) is 29.8 Å². The number of piperidine rings is 1. The first-order valence-corrected chi connectivity index (χ1v) is 10.8. The van der Waals surface area contributed by atoms with Crippen LogP contribution in [0.5, 0.6) is 0 Å². The summed E-state index contributed by atoms with van der Waals surface area (Å²) in [5, 5.41) is 6.96. The summed E-state index contributed by atoms with van der Waals surface area (Å²) < 4.78 is 0. The van der Waals surface area contributed by atoms with E-state index in [0.29, 0.717) is 11.4 Å². The quantitative estimate of drug-likeness (QED) is 0.580. The molecule has 0 bridgehead atoms. The third kappa shape index (κ3) is 7.53. The van der Waals surface area contributed by atoms with Gasteiger partial charge in [-0.3, -0.25) is 14.9 Å². The van der Waals surface area contributed by atoms with E-state index < -0.39 is 0 Å². The van der Waals surface area contributed by atoms with Crippen LogP contribution in [-0.2, 0) is 9.59 Å². The number of hydrogen-bond donors (Lipinski definition) is 2. The molecule has 2 N–H and O–H groups in total. The minimum absolute atomic E-state index is 0.0138. The maximum Gasteiger partial charge on any atom is 0.228 e. The van der Waals surface area contributed by atoms with Gasteiger partial charge in [-0.1, -0.05) is 36.2 Å². The van der Waals surface area contributed by atoms with Gasteiger partial charge in [0.05, 0.1) is 12.1 Å². The summed E-state index contributed by atoms with van der Waals surface area (Å²) in [7, 11) is 0. The fourth-order valence-corrected chi connectivity index (χ4v) is 4.22. The molecule has 1 aromatic rings. The standard InChI is InChI=1S/C22H34ClN3O2/c1-16(15-17(2)27)24-18(3)25-22(28)20(19-9-5-6-10-21(19)23)11-14-26-12-7-4-8-13-26/h5-6,9-10,16,18,20,24H,4,7-8,11-15H2,1-3H3,(H,25,28). The maximum atomic E-state index is 13.1. The smallest absolute Gasteiger partial charge is 0.228 e. The molecule has 156 valence electrons. The summed E-state index contributed by atoms with van der Waals surface area (Å²) in [6, 6.07) is 7.62. The monoisotopic (exact) mass is 407 g/mol. The number of ketones is 1. The number of carbonyl (C=O) groups excluding carboxylic acids is 2. The number of benzene rings is 1. The average molecular weight is 408 g/mol. The Balaban J connectivity index is 2.01. The number of Topliss-reactive ketones (excluding diaryl/α,β-unsaturated/α-hetero) is 1. The van der Waals surface area contributed by atoms with E-state index in [1.54, 1.807) is 6.92 Å². The molecule has 0 aromatic heterocycles. The van der Waals surface area contributed by atoms with Crippen molar-refractivity contribution in [1.29, 1.82) is 0 Å². The molecule has 3 unspecified atom stereocenters. The number of hydrogen-bond acceptors (Lipinski definition) is 4. The van der Waals surface area contributed by atoms with E-state index in [9.17, 15) is 9.59 Å². The number of halogens is 1. The summed E-state index contributed by atoms with van der Waals surface area (Å²) in [5.41, 5.74) is 0.877. The Bertz CT molecular complexity index is 646. The summed E-state index contributed by atoms with van der Waals surface area (Å²) >= 11 is 6.42. The molecular formula is C22H34ClN3O2. The average Bonchev–Trinajstić information content (AvgIpc) is 2.63. The fraction of sp³-hybridized carbons (Fsp3) is 0.636. The molecule has 0 aliphatic carbocycles. The van der Waals surface area contributed by atoms with Gasteiger partial charge < -0.3 is 10.2 Å². The normalized spacial score (nSPS) is 18.3. The number of likely N-dealkylation sites (tertiary alicyclic amines) is 1. The van der Waals surface area contributed by atoms with Crippen molar-refractivity contribution in [2.75, 3.05) is 19.6 Å². The van der Waals surface area contributed by atoms with Crippen LogP contribution in [0.15, 0.2) is 24.3 Å². The zero-order chi connectivity index (χ0) is 20.5. The molecule has 1 aromatic carbocycles. The van der Waals surface area contributed by atoms with Crippen molar-refractivity contribution in [3.05, 3.63) is 34.9 Å². The van der Waals surface area contributed by atoms with Crippen molar-refractivity contribution in [2.45, 2.75) is 71.0 Å². The lowest BCUT2D eigenvalue weighted by Crippen LogP contribution is -2.48. The summed E-state index contributed by atoms with van der Waals surface area (Å²) in [6.45, 7) is 8.55. The van der Waals surface area contributed by atoms with Gasteiger partial charge in [-0.05, 0) is 71.3 Å². The van der Waals surface area contributed by atoms with Crippen LogP contribution >= 0.6 is 11.6 Å². The second-order valence-electron chi connectivity index (χ2n) is 7.97. The Morgan fingerprint density at radius 2 is 1.82 bits per heavy atom. The van der Waals surface area contributed by atoms with Gasteiger partial charge in [0.2, 0.25) is 5.91 Å². The Morgan fingerprint density at radius 3 is 2.46 bits per heavy atom. The molecule has 2 rings (SSSR count). The highest BCUT2D eigenvalue weighted by atomic mass is 35.5. The van der Waals surface area contributed by atoms with Gasteiger partial charge in [0.15, 0.2) is 0 Å². The van der Waals surface area contributed by atoms with Crippen LogP contribution in [0.1, 0.15) is 64.4 Å². The molecule has 6 heteroatoms. The van der Waals surface area contributed by atoms with Crippen molar-refractivity contribution in [2.24, 2.45) is 0 Å². The van der Waals surface area contributed by atoms with Crippen molar-refractivity contribution in [1.82, 2.24) is 15.5 Å². The van der Waals surface area contributed by atoms with Gasteiger partial charge in [-0.2, -0.15) is 0 Å².